The minimum Gasteiger partial charge on any atom is -0.391 e. The zero-order chi connectivity index (χ0) is 17.0. The van der Waals surface area contributed by atoms with Crippen LogP contribution in [0.25, 0.3) is 0 Å². The zero-order valence-electron chi connectivity index (χ0n) is 15.3. The van der Waals surface area contributed by atoms with E-state index < -0.39 is 0 Å². The van der Waals surface area contributed by atoms with E-state index in [4.69, 9.17) is 0 Å². The van der Waals surface area contributed by atoms with Crippen LogP contribution in [0.4, 0.5) is 4.79 Å². The lowest BCUT2D eigenvalue weighted by Crippen LogP contribution is -2.56. The summed E-state index contributed by atoms with van der Waals surface area (Å²) >= 11 is 0. The number of hydrogen-bond acceptors (Lipinski definition) is 3. The van der Waals surface area contributed by atoms with Gasteiger partial charge in [0.1, 0.15) is 0 Å². The molecule has 2 fully saturated rings. The molecule has 1 saturated carbocycles. The second-order valence-electron chi connectivity index (χ2n) is 8.12. The molecule has 5 heteroatoms. The SMILES string of the molecule is CCC1CCCN(C(C)(C)CNC(=O)N(C)CC(O)C2CC2)C1. The molecule has 2 aliphatic rings. The first-order valence-corrected chi connectivity index (χ1v) is 9.25. The Labute approximate surface area is 141 Å². The number of urea groups is 1. The Hall–Kier alpha value is -0.810. The highest BCUT2D eigenvalue weighted by Gasteiger charge is 2.33. The third kappa shape index (κ3) is 5.35. The first-order chi connectivity index (χ1) is 10.8. The molecule has 2 rings (SSSR count). The van der Waals surface area contributed by atoms with Gasteiger partial charge >= 0.3 is 6.03 Å². The number of amides is 2. The molecular formula is C18H35N3O2. The van der Waals surface area contributed by atoms with Gasteiger partial charge in [0, 0.05) is 32.2 Å². The number of aliphatic hydroxyl groups is 1. The summed E-state index contributed by atoms with van der Waals surface area (Å²) in [5.41, 5.74) is -0.0283. The van der Waals surface area contributed by atoms with Crippen LogP contribution >= 0.6 is 0 Å². The van der Waals surface area contributed by atoms with Gasteiger partial charge in [-0.1, -0.05) is 13.3 Å². The zero-order valence-corrected chi connectivity index (χ0v) is 15.3. The molecular weight excluding hydrogens is 290 g/mol. The van der Waals surface area contributed by atoms with E-state index in [9.17, 15) is 9.90 Å². The Kier molecular flexibility index (Phi) is 6.32. The highest BCUT2D eigenvalue weighted by Crippen LogP contribution is 2.32. The number of piperidine rings is 1. The molecule has 1 aliphatic carbocycles. The first-order valence-electron chi connectivity index (χ1n) is 9.25. The molecule has 1 saturated heterocycles. The quantitative estimate of drug-likeness (QED) is 0.755. The van der Waals surface area contributed by atoms with E-state index in [0.717, 1.165) is 31.8 Å². The molecule has 1 aliphatic heterocycles. The molecule has 2 atom stereocenters. The van der Waals surface area contributed by atoms with Crippen LogP contribution in [0.15, 0.2) is 0 Å². The van der Waals surface area contributed by atoms with E-state index in [-0.39, 0.29) is 17.7 Å². The normalized spacial score (nSPS) is 24.3. The fourth-order valence-corrected chi connectivity index (χ4v) is 3.48. The molecule has 2 N–H and O–H groups in total. The molecule has 2 unspecified atom stereocenters. The lowest BCUT2D eigenvalue weighted by atomic mass is 9.91. The maximum atomic E-state index is 12.3. The summed E-state index contributed by atoms with van der Waals surface area (Å²) in [7, 11) is 1.77. The van der Waals surface area contributed by atoms with Crippen molar-refractivity contribution in [1.82, 2.24) is 15.1 Å². The van der Waals surface area contributed by atoms with Gasteiger partial charge in [-0.05, 0) is 57.9 Å². The van der Waals surface area contributed by atoms with Crippen LogP contribution < -0.4 is 5.32 Å². The molecule has 5 nitrogen and oxygen atoms in total. The van der Waals surface area contributed by atoms with Crippen molar-refractivity contribution in [3.63, 3.8) is 0 Å². The minimum atomic E-state index is -0.369. The molecule has 2 amide bonds. The maximum Gasteiger partial charge on any atom is 0.317 e. The fourth-order valence-electron chi connectivity index (χ4n) is 3.48. The van der Waals surface area contributed by atoms with Crippen LogP contribution in [0.3, 0.4) is 0 Å². The van der Waals surface area contributed by atoms with E-state index in [1.54, 1.807) is 11.9 Å². The van der Waals surface area contributed by atoms with Crippen LogP contribution in [0.2, 0.25) is 0 Å². The van der Waals surface area contributed by atoms with Gasteiger partial charge in [-0.25, -0.2) is 4.79 Å². The summed E-state index contributed by atoms with van der Waals surface area (Å²) < 4.78 is 0. The number of nitrogens with zero attached hydrogens (tertiary/aromatic N) is 2. The number of carbonyl (C=O) groups excluding carboxylic acids is 1. The van der Waals surface area contributed by atoms with Gasteiger partial charge in [0.25, 0.3) is 0 Å². The van der Waals surface area contributed by atoms with Crippen molar-refractivity contribution in [2.45, 2.75) is 64.5 Å². The highest BCUT2D eigenvalue weighted by molar-refractivity contribution is 5.73. The number of carbonyl (C=O) groups is 1. The van der Waals surface area contributed by atoms with Gasteiger partial charge in [-0.3, -0.25) is 4.90 Å². The van der Waals surface area contributed by atoms with Gasteiger partial charge in [0.15, 0.2) is 0 Å². The van der Waals surface area contributed by atoms with Crippen molar-refractivity contribution >= 4 is 6.03 Å². The van der Waals surface area contributed by atoms with Crippen molar-refractivity contribution in [1.29, 1.82) is 0 Å². The number of rotatable bonds is 7. The van der Waals surface area contributed by atoms with Crippen molar-refractivity contribution in [2.24, 2.45) is 11.8 Å². The number of nitrogens with one attached hydrogen (secondary N) is 1. The molecule has 0 spiro atoms. The van der Waals surface area contributed by atoms with E-state index in [1.807, 2.05) is 0 Å². The Morgan fingerprint density at radius 3 is 2.70 bits per heavy atom. The summed E-state index contributed by atoms with van der Waals surface area (Å²) in [6, 6.07) is -0.0816. The third-order valence-electron chi connectivity index (χ3n) is 5.60. The van der Waals surface area contributed by atoms with Crippen LogP contribution in [-0.4, -0.2) is 65.8 Å². The Balaban J connectivity index is 1.76. The smallest absolute Gasteiger partial charge is 0.317 e. The summed E-state index contributed by atoms with van der Waals surface area (Å²) in [5.74, 6) is 1.19. The van der Waals surface area contributed by atoms with E-state index in [1.165, 1.54) is 19.3 Å². The lowest BCUT2D eigenvalue weighted by molar-refractivity contribution is 0.0644. The van der Waals surface area contributed by atoms with Crippen molar-refractivity contribution < 1.29 is 9.90 Å². The Bertz CT molecular complexity index is 396. The lowest BCUT2D eigenvalue weighted by Gasteiger charge is -2.43. The predicted octanol–water partition coefficient (Wildman–Crippen LogP) is 2.30. The number of likely N-dealkylation sites (tertiary alicyclic amines) is 1. The van der Waals surface area contributed by atoms with Gasteiger partial charge in [0.2, 0.25) is 0 Å². The molecule has 0 aromatic carbocycles. The molecule has 0 bridgehead atoms. The number of aliphatic hydroxyl groups excluding tert-OH is 1. The second-order valence-corrected chi connectivity index (χ2v) is 8.12. The molecule has 134 valence electrons. The average Bonchev–Trinajstić information content (AvgIpc) is 3.37. The molecule has 0 radical (unpaired) electrons. The largest absolute Gasteiger partial charge is 0.391 e. The second kappa shape index (κ2) is 7.84. The van der Waals surface area contributed by atoms with Crippen molar-refractivity contribution in [2.75, 3.05) is 33.2 Å². The predicted molar refractivity (Wildman–Crippen MR) is 93.4 cm³/mol. The maximum absolute atomic E-state index is 12.3. The number of likely N-dealkylation sites (N-methyl/N-ethyl adjacent to an activating group) is 1. The standard InChI is InChI=1S/C18H35N3O2/c1-5-14-7-6-10-21(11-14)18(2,3)13-19-17(23)20(4)12-16(22)15-8-9-15/h14-16,22H,5-13H2,1-4H3,(H,19,23). The van der Waals surface area contributed by atoms with E-state index in [0.29, 0.717) is 19.0 Å². The van der Waals surface area contributed by atoms with Crippen molar-refractivity contribution in [3.05, 3.63) is 0 Å². The summed E-state index contributed by atoms with van der Waals surface area (Å²) in [5, 5.41) is 13.0. The molecule has 0 aromatic heterocycles. The van der Waals surface area contributed by atoms with Gasteiger partial charge in [-0.15, -0.1) is 0 Å². The average molecular weight is 325 g/mol. The molecule has 1 heterocycles. The van der Waals surface area contributed by atoms with Gasteiger partial charge < -0.3 is 15.3 Å². The van der Waals surface area contributed by atoms with Crippen LogP contribution in [0.5, 0.6) is 0 Å². The fraction of sp³-hybridized carbons (Fsp3) is 0.944. The van der Waals surface area contributed by atoms with E-state index >= 15 is 0 Å². The molecule has 0 aromatic rings. The summed E-state index contributed by atoms with van der Waals surface area (Å²) in [6.07, 6.45) is 5.64. The first kappa shape index (κ1) is 18.5. The monoisotopic (exact) mass is 325 g/mol. The minimum absolute atomic E-state index is 0.0283. The highest BCUT2D eigenvalue weighted by atomic mass is 16.3. The van der Waals surface area contributed by atoms with Crippen molar-refractivity contribution in [3.8, 4) is 0 Å². The van der Waals surface area contributed by atoms with Crippen LogP contribution in [0.1, 0.15) is 52.9 Å². The Morgan fingerprint density at radius 2 is 2.09 bits per heavy atom. The number of hydrogen-bond donors (Lipinski definition) is 2. The summed E-state index contributed by atoms with van der Waals surface area (Å²) in [4.78, 5) is 16.4. The third-order valence-corrected chi connectivity index (χ3v) is 5.60. The Morgan fingerprint density at radius 1 is 1.39 bits per heavy atom. The molecule has 23 heavy (non-hydrogen) atoms. The van der Waals surface area contributed by atoms with E-state index in [2.05, 4.69) is 31.0 Å². The van der Waals surface area contributed by atoms with Gasteiger partial charge in [0.05, 0.1) is 6.10 Å². The van der Waals surface area contributed by atoms with Crippen LogP contribution in [0, 0.1) is 11.8 Å². The topological polar surface area (TPSA) is 55.8 Å². The summed E-state index contributed by atoms with van der Waals surface area (Å²) in [6.45, 7) is 10.0. The van der Waals surface area contributed by atoms with Gasteiger partial charge in [-0.2, -0.15) is 0 Å². The van der Waals surface area contributed by atoms with Crippen LogP contribution in [-0.2, 0) is 0 Å².